The second kappa shape index (κ2) is 11.8. The van der Waals surface area contributed by atoms with Gasteiger partial charge in [-0.2, -0.15) is 5.10 Å². The molecule has 0 saturated heterocycles. The fourth-order valence-corrected chi connectivity index (χ4v) is 3.85. The number of aliphatic hydroxyl groups excluding tert-OH is 1. The molecule has 3 rings (SSSR count). The predicted molar refractivity (Wildman–Crippen MR) is 137 cm³/mol. The third kappa shape index (κ3) is 8.16. The van der Waals surface area contributed by atoms with E-state index in [-0.39, 0.29) is 18.0 Å². The molecule has 0 amide bonds. The molecule has 1 atom stereocenters. The topological polar surface area (TPSA) is 59.8 Å². The van der Waals surface area contributed by atoms with Crippen LogP contribution < -0.4 is 4.74 Å². The van der Waals surface area contributed by atoms with E-state index in [0.717, 1.165) is 23.5 Å². The molecular weight excluding hydrogens is 445 g/mol. The SMILES string of the molecule is Cc1nn(-c2ccccc2)c(Oc2cccc(F)c2)c1CN(CC(C)C)C[C@H](O)COC(C)(C)C. The summed E-state index contributed by atoms with van der Waals surface area (Å²) in [4.78, 5) is 2.19. The molecule has 6 nitrogen and oxygen atoms in total. The quantitative estimate of drug-likeness (QED) is 0.377. The number of hydrogen-bond acceptors (Lipinski definition) is 5. The second-order valence-corrected chi connectivity index (χ2v) is 10.3. The minimum atomic E-state index is -0.634. The maximum Gasteiger partial charge on any atom is 0.227 e. The Kier molecular flexibility index (Phi) is 9.05. The van der Waals surface area contributed by atoms with Gasteiger partial charge in [-0.15, -0.1) is 0 Å². The van der Waals surface area contributed by atoms with Crippen LogP contribution in [0.25, 0.3) is 5.69 Å². The summed E-state index contributed by atoms with van der Waals surface area (Å²) >= 11 is 0. The molecule has 190 valence electrons. The Bertz CT molecular complexity index is 1080. The lowest BCUT2D eigenvalue weighted by molar-refractivity contribution is -0.0573. The lowest BCUT2D eigenvalue weighted by Gasteiger charge is -2.28. The first kappa shape index (κ1) is 26.9. The smallest absolute Gasteiger partial charge is 0.227 e. The molecule has 1 heterocycles. The highest BCUT2D eigenvalue weighted by atomic mass is 19.1. The van der Waals surface area contributed by atoms with Crippen molar-refractivity contribution in [2.24, 2.45) is 5.92 Å². The van der Waals surface area contributed by atoms with Crippen molar-refractivity contribution >= 4 is 0 Å². The summed E-state index contributed by atoms with van der Waals surface area (Å²) in [5.41, 5.74) is 2.24. The van der Waals surface area contributed by atoms with E-state index >= 15 is 0 Å². The lowest BCUT2D eigenvalue weighted by Crippen LogP contribution is -2.38. The van der Waals surface area contributed by atoms with Crippen LogP contribution in [0.2, 0.25) is 0 Å². The number of rotatable bonds is 11. The Morgan fingerprint density at radius 1 is 1.06 bits per heavy atom. The third-order valence-corrected chi connectivity index (χ3v) is 5.33. The summed E-state index contributed by atoms with van der Waals surface area (Å²) in [6, 6.07) is 15.8. The fourth-order valence-electron chi connectivity index (χ4n) is 3.85. The van der Waals surface area contributed by atoms with Crippen molar-refractivity contribution < 1.29 is 19.0 Å². The molecule has 0 bridgehead atoms. The highest BCUT2D eigenvalue weighted by Crippen LogP contribution is 2.32. The van der Waals surface area contributed by atoms with E-state index in [1.165, 1.54) is 12.1 Å². The summed E-state index contributed by atoms with van der Waals surface area (Å²) in [7, 11) is 0. The molecule has 0 spiro atoms. The lowest BCUT2D eigenvalue weighted by atomic mass is 10.1. The van der Waals surface area contributed by atoms with E-state index in [1.807, 2.05) is 58.0 Å². The van der Waals surface area contributed by atoms with E-state index in [2.05, 4.69) is 18.7 Å². The Morgan fingerprint density at radius 2 is 1.77 bits per heavy atom. The molecule has 1 aromatic heterocycles. The Labute approximate surface area is 208 Å². The number of aryl methyl sites for hydroxylation is 1. The van der Waals surface area contributed by atoms with E-state index in [4.69, 9.17) is 14.6 Å². The van der Waals surface area contributed by atoms with Gasteiger partial charge >= 0.3 is 0 Å². The Hall–Kier alpha value is -2.74. The first-order chi connectivity index (χ1) is 16.5. The van der Waals surface area contributed by atoms with Gasteiger partial charge in [-0.1, -0.05) is 38.1 Å². The highest BCUT2D eigenvalue weighted by Gasteiger charge is 2.24. The first-order valence-electron chi connectivity index (χ1n) is 12.1. The van der Waals surface area contributed by atoms with Crippen molar-refractivity contribution in [3.8, 4) is 17.3 Å². The zero-order chi connectivity index (χ0) is 25.6. The van der Waals surface area contributed by atoms with Gasteiger partial charge < -0.3 is 14.6 Å². The maximum absolute atomic E-state index is 13.9. The molecule has 3 aromatic rings. The van der Waals surface area contributed by atoms with Gasteiger partial charge in [0, 0.05) is 25.7 Å². The number of benzene rings is 2. The number of nitrogens with zero attached hydrogens (tertiary/aromatic N) is 3. The Balaban J connectivity index is 1.93. The molecule has 0 aliphatic heterocycles. The van der Waals surface area contributed by atoms with E-state index in [1.54, 1.807) is 16.8 Å². The van der Waals surface area contributed by atoms with Crippen LogP contribution in [0.1, 0.15) is 45.9 Å². The van der Waals surface area contributed by atoms with Crippen molar-refractivity contribution in [1.82, 2.24) is 14.7 Å². The summed E-state index contributed by atoms with van der Waals surface area (Å²) < 4.78 is 27.7. The molecule has 0 aliphatic carbocycles. The molecular formula is C28H38FN3O3. The first-order valence-corrected chi connectivity index (χ1v) is 12.1. The van der Waals surface area contributed by atoms with Crippen LogP contribution in [0.5, 0.6) is 11.6 Å². The van der Waals surface area contributed by atoms with Gasteiger partial charge in [-0.05, 0) is 57.9 Å². The average molecular weight is 484 g/mol. The number of ether oxygens (including phenoxy) is 2. The molecule has 0 aliphatic rings. The summed E-state index contributed by atoms with van der Waals surface area (Å²) in [6.07, 6.45) is -0.634. The monoisotopic (exact) mass is 483 g/mol. The third-order valence-electron chi connectivity index (χ3n) is 5.33. The van der Waals surface area contributed by atoms with Crippen molar-refractivity contribution in [1.29, 1.82) is 0 Å². The summed E-state index contributed by atoms with van der Waals surface area (Å²) in [5, 5.41) is 15.5. The van der Waals surface area contributed by atoms with Crippen molar-refractivity contribution in [2.45, 2.75) is 59.8 Å². The molecule has 0 fully saturated rings. The molecule has 2 aromatic carbocycles. The van der Waals surface area contributed by atoms with Gasteiger partial charge in [0.25, 0.3) is 0 Å². The predicted octanol–water partition coefficient (Wildman–Crippen LogP) is 5.75. The number of halogens is 1. The van der Waals surface area contributed by atoms with E-state index in [0.29, 0.717) is 30.6 Å². The maximum atomic E-state index is 13.9. The van der Waals surface area contributed by atoms with Crippen molar-refractivity contribution in [3.63, 3.8) is 0 Å². The summed E-state index contributed by atoms with van der Waals surface area (Å²) in [5.74, 6) is 0.962. The van der Waals surface area contributed by atoms with Crippen LogP contribution in [0.3, 0.4) is 0 Å². The van der Waals surface area contributed by atoms with E-state index in [9.17, 15) is 9.50 Å². The molecule has 0 radical (unpaired) electrons. The zero-order valence-corrected chi connectivity index (χ0v) is 21.7. The largest absolute Gasteiger partial charge is 0.438 e. The van der Waals surface area contributed by atoms with Crippen LogP contribution in [-0.4, -0.2) is 51.2 Å². The average Bonchev–Trinajstić information content (AvgIpc) is 3.07. The number of hydrogen-bond donors (Lipinski definition) is 1. The molecule has 35 heavy (non-hydrogen) atoms. The van der Waals surface area contributed by atoms with Crippen molar-refractivity contribution in [2.75, 3.05) is 19.7 Å². The number of aromatic nitrogens is 2. The highest BCUT2D eigenvalue weighted by molar-refractivity contribution is 5.43. The van der Waals surface area contributed by atoms with Gasteiger partial charge in [-0.25, -0.2) is 9.07 Å². The van der Waals surface area contributed by atoms with Gasteiger partial charge in [0.2, 0.25) is 5.88 Å². The molecule has 0 unspecified atom stereocenters. The van der Waals surface area contributed by atoms with Crippen LogP contribution in [0.15, 0.2) is 54.6 Å². The van der Waals surface area contributed by atoms with Gasteiger partial charge in [0.15, 0.2) is 0 Å². The second-order valence-electron chi connectivity index (χ2n) is 10.3. The fraction of sp³-hybridized carbons (Fsp3) is 0.464. The summed E-state index contributed by atoms with van der Waals surface area (Å²) in [6.45, 7) is 14.2. The molecule has 0 saturated carbocycles. The minimum absolute atomic E-state index is 0.257. The van der Waals surface area contributed by atoms with Crippen LogP contribution >= 0.6 is 0 Å². The van der Waals surface area contributed by atoms with E-state index < -0.39 is 6.10 Å². The Morgan fingerprint density at radius 3 is 2.40 bits per heavy atom. The number of aliphatic hydroxyl groups is 1. The van der Waals surface area contributed by atoms with Crippen LogP contribution in [0.4, 0.5) is 4.39 Å². The zero-order valence-electron chi connectivity index (χ0n) is 21.7. The van der Waals surface area contributed by atoms with Gasteiger partial charge in [0.1, 0.15) is 11.6 Å². The van der Waals surface area contributed by atoms with Crippen LogP contribution in [-0.2, 0) is 11.3 Å². The van der Waals surface area contributed by atoms with Crippen LogP contribution in [0, 0.1) is 18.7 Å². The standard InChI is InChI=1S/C28H38FN3O3/c1-20(2)16-31(17-24(33)19-34-28(4,5)6)18-26-21(3)30-32(23-12-8-7-9-13-23)27(26)35-25-14-10-11-22(29)15-25/h7-15,20,24,33H,16-19H2,1-6H3/t24-/m0/s1. The number of para-hydroxylation sites is 1. The molecule has 7 heteroatoms. The normalized spacial score (nSPS) is 13.0. The minimum Gasteiger partial charge on any atom is -0.438 e. The van der Waals surface area contributed by atoms with Gasteiger partial charge in [0.05, 0.1) is 35.3 Å². The van der Waals surface area contributed by atoms with Gasteiger partial charge in [-0.3, -0.25) is 4.90 Å². The molecule has 1 N–H and O–H groups in total. The van der Waals surface area contributed by atoms with Crippen molar-refractivity contribution in [3.05, 3.63) is 71.7 Å².